The van der Waals surface area contributed by atoms with Crippen LogP contribution in [0.15, 0.2) is 36.7 Å². The highest BCUT2D eigenvalue weighted by molar-refractivity contribution is 5.85. The van der Waals surface area contributed by atoms with Crippen molar-refractivity contribution in [2.45, 2.75) is 12.1 Å². The molecule has 0 aliphatic carbocycles. The summed E-state index contributed by atoms with van der Waals surface area (Å²) in [5, 5.41) is 21.7. The van der Waals surface area contributed by atoms with E-state index in [-0.39, 0.29) is 13.2 Å². The largest absolute Gasteiger partial charge is 0.465 e. The van der Waals surface area contributed by atoms with Crippen LogP contribution in [-0.2, 0) is 4.74 Å². The molecule has 1 aliphatic heterocycles. The molecule has 21 heavy (non-hydrogen) atoms. The van der Waals surface area contributed by atoms with E-state index in [0.29, 0.717) is 12.2 Å². The first-order chi connectivity index (χ1) is 10.2. The van der Waals surface area contributed by atoms with Crippen LogP contribution >= 0.6 is 0 Å². The fraction of sp³-hybridized carbons (Fsp3) is 0.333. The van der Waals surface area contributed by atoms with E-state index in [1.165, 1.54) is 4.90 Å². The van der Waals surface area contributed by atoms with Gasteiger partial charge in [0.1, 0.15) is 6.10 Å². The molecule has 1 aromatic carbocycles. The highest BCUT2D eigenvalue weighted by atomic mass is 16.5. The maximum Gasteiger partial charge on any atom is 0.407 e. The predicted molar refractivity (Wildman–Crippen MR) is 76.0 cm³/mol. The van der Waals surface area contributed by atoms with Crippen molar-refractivity contribution >= 4 is 16.9 Å². The summed E-state index contributed by atoms with van der Waals surface area (Å²) in [7, 11) is 0. The van der Waals surface area contributed by atoms with E-state index in [9.17, 15) is 15.0 Å². The third kappa shape index (κ3) is 2.55. The molecule has 6 heteroatoms. The Morgan fingerprint density at radius 1 is 1.38 bits per heavy atom. The molecule has 1 aromatic heterocycles. The maximum atomic E-state index is 11.3. The van der Waals surface area contributed by atoms with E-state index >= 15 is 0 Å². The van der Waals surface area contributed by atoms with E-state index in [2.05, 4.69) is 4.98 Å². The van der Waals surface area contributed by atoms with E-state index in [1.54, 1.807) is 12.4 Å². The van der Waals surface area contributed by atoms with Gasteiger partial charge in [0.2, 0.25) is 0 Å². The smallest absolute Gasteiger partial charge is 0.407 e. The number of rotatable bonds is 2. The molecule has 1 amide bonds. The Kier molecular flexibility index (Phi) is 3.72. The summed E-state index contributed by atoms with van der Waals surface area (Å²) in [5.41, 5.74) is 0.620. The molecule has 0 spiro atoms. The molecule has 0 radical (unpaired) electrons. The van der Waals surface area contributed by atoms with Gasteiger partial charge < -0.3 is 14.9 Å². The number of aromatic nitrogens is 1. The maximum absolute atomic E-state index is 11.3. The number of fused-ring (bicyclic) bond motifs is 1. The highest BCUT2D eigenvalue weighted by Crippen LogP contribution is 2.28. The Morgan fingerprint density at radius 2 is 2.19 bits per heavy atom. The van der Waals surface area contributed by atoms with Crippen LogP contribution in [0.4, 0.5) is 4.79 Å². The highest BCUT2D eigenvalue weighted by Gasteiger charge is 2.34. The van der Waals surface area contributed by atoms with E-state index in [1.807, 2.05) is 24.3 Å². The first-order valence-corrected chi connectivity index (χ1v) is 6.76. The van der Waals surface area contributed by atoms with Crippen LogP contribution in [0, 0.1) is 0 Å². The number of aliphatic hydroxyl groups excluding tert-OH is 1. The lowest BCUT2D eigenvalue weighted by Gasteiger charge is -2.36. The molecule has 0 bridgehead atoms. The van der Waals surface area contributed by atoms with Gasteiger partial charge in [0.05, 0.1) is 19.3 Å². The molecule has 2 atom stereocenters. The standard InChI is InChI=1S/C15H16N2O4/c18-14(13-9-21-6-5-17(13)15(19)20)12-8-16-7-10-3-1-2-4-11(10)12/h1-4,7-8,13-14,18H,5-6,9H2,(H,19,20). The SMILES string of the molecule is O=C(O)N1CCOCC1C(O)c1cncc2ccccc12. The quantitative estimate of drug-likeness (QED) is 0.878. The lowest BCUT2D eigenvalue weighted by molar-refractivity contribution is -0.0489. The van der Waals surface area contributed by atoms with Gasteiger partial charge in [-0.15, -0.1) is 0 Å². The summed E-state index contributed by atoms with van der Waals surface area (Å²) in [5.74, 6) is 0. The number of benzene rings is 1. The van der Waals surface area contributed by atoms with Crippen LogP contribution in [-0.4, -0.2) is 52.0 Å². The molecule has 110 valence electrons. The van der Waals surface area contributed by atoms with Crippen LogP contribution in [0.3, 0.4) is 0 Å². The van der Waals surface area contributed by atoms with E-state index in [0.717, 1.165) is 10.8 Å². The zero-order valence-corrected chi connectivity index (χ0v) is 11.3. The van der Waals surface area contributed by atoms with Gasteiger partial charge >= 0.3 is 6.09 Å². The summed E-state index contributed by atoms with van der Waals surface area (Å²) in [6.07, 6.45) is 1.29. The number of amides is 1. The fourth-order valence-electron chi connectivity index (χ4n) is 2.70. The fourth-order valence-corrected chi connectivity index (χ4v) is 2.70. The second kappa shape index (κ2) is 5.67. The number of carboxylic acid groups (broad SMARTS) is 1. The predicted octanol–water partition coefficient (Wildman–Crippen LogP) is 1.65. The first-order valence-electron chi connectivity index (χ1n) is 6.76. The van der Waals surface area contributed by atoms with Crippen molar-refractivity contribution in [1.29, 1.82) is 0 Å². The van der Waals surface area contributed by atoms with Crippen molar-refractivity contribution in [3.63, 3.8) is 0 Å². The molecule has 2 unspecified atom stereocenters. The number of hydrogen-bond donors (Lipinski definition) is 2. The van der Waals surface area contributed by atoms with Crippen molar-refractivity contribution in [2.75, 3.05) is 19.8 Å². The van der Waals surface area contributed by atoms with Crippen molar-refractivity contribution in [3.05, 3.63) is 42.2 Å². The van der Waals surface area contributed by atoms with Crippen molar-refractivity contribution < 1.29 is 19.7 Å². The number of morpholine rings is 1. The van der Waals surface area contributed by atoms with Crippen LogP contribution < -0.4 is 0 Å². The minimum atomic E-state index is -1.05. The topological polar surface area (TPSA) is 82.9 Å². The second-order valence-corrected chi connectivity index (χ2v) is 5.01. The van der Waals surface area contributed by atoms with Gasteiger partial charge in [0, 0.05) is 29.9 Å². The molecule has 1 aliphatic rings. The van der Waals surface area contributed by atoms with Gasteiger partial charge in [-0.1, -0.05) is 24.3 Å². The van der Waals surface area contributed by atoms with Gasteiger partial charge in [0.25, 0.3) is 0 Å². The Balaban J connectivity index is 1.99. The first kappa shape index (κ1) is 13.8. The normalized spacial score (nSPS) is 20.4. The van der Waals surface area contributed by atoms with Gasteiger partial charge in [-0.05, 0) is 5.39 Å². The summed E-state index contributed by atoms with van der Waals surface area (Å²) in [4.78, 5) is 16.7. The minimum absolute atomic E-state index is 0.177. The summed E-state index contributed by atoms with van der Waals surface area (Å²) >= 11 is 0. The van der Waals surface area contributed by atoms with E-state index < -0.39 is 18.2 Å². The number of hydrogen-bond acceptors (Lipinski definition) is 4. The molecular weight excluding hydrogens is 272 g/mol. The van der Waals surface area contributed by atoms with E-state index in [4.69, 9.17) is 4.74 Å². The summed E-state index contributed by atoms with van der Waals surface area (Å²) < 4.78 is 5.33. The van der Waals surface area contributed by atoms with Crippen molar-refractivity contribution in [1.82, 2.24) is 9.88 Å². The molecule has 1 saturated heterocycles. The van der Waals surface area contributed by atoms with Crippen molar-refractivity contribution in [3.8, 4) is 0 Å². The molecular formula is C15H16N2O4. The third-order valence-electron chi connectivity index (χ3n) is 3.79. The summed E-state index contributed by atoms with van der Waals surface area (Å²) in [6.45, 7) is 0.787. The molecule has 2 aromatic rings. The van der Waals surface area contributed by atoms with Crippen LogP contribution in [0.25, 0.3) is 10.8 Å². The minimum Gasteiger partial charge on any atom is -0.465 e. The average Bonchev–Trinajstić information content (AvgIpc) is 2.53. The zero-order valence-electron chi connectivity index (χ0n) is 11.3. The number of pyridine rings is 1. The molecule has 3 rings (SSSR count). The number of nitrogens with zero attached hydrogens (tertiary/aromatic N) is 2. The number of aliphatic hydroxyl groups is 1. The molecule has 2 heterocycles. The zero-order chi connectivity index (χ0) is 14.8. The van der Waals surface area contributed by atoms with Gasteiger partial charge in [0.15, 0.2) is 0 Å². The van der Waals surface area contributed by atoms with Gasteiger partial charge in [-0.25, -0.2) is 4.79 Å². The number of carbonyl (C=O) groups is 1. The van der Waals surface area contributed by atoms with Crippen LogP contribution in [0.5, 0.6) is 0 Å². The Bertz CT molecular complexity index is 656. The second-order valence-electron chi connectivity index (χ2n) is 5.01. The van der Waals surface area contributed by atoms with Crippen LogP contribution in [0.1, 0.15) is 11.7 Å². The Labute approximate surface area is 121 Å². The lowest BCUT2D eigenvalue weighted by atomic mass is 9.97. The molecule has 1 fully saturated rings. The van der Waals surface area contributed by atoms with Gasteiger partial charge in [-0.2, -0.15) is 0 Å². The molecule has 2 N–H and O–H groups in total. The molecule has 0 saturated carbocycles. The third-order valence-corrected chi connectivity index (χ3v) is 3.79. The monoisotopic (exact) mass is 288 g/mol. The summed E-state index contributed by atoms with van der Waals surface area (Å²) in [6, 6.07) is 6.96. The molecule has 6 nitrogen and oxygen atoms in total. The average molecular weight is 288 g/mol. The number of ether oxygens (including phenoxy) is 1. The van der Waals surface area contributed by atoms with Gasteiger partial charge in [-0.3, -0.25) is 9.88 Å². The van der Waals surface area contributed by atoms with Crippen molar-refractivity contribution in [2.24, 2.45) is 0 Å². The Hall–Kier alpha value is -2.18. The lowest BCUT2D eigenvalue weighted by Crippen LogP contribution is -2.51. The Morgan fingerprint density at radius 3 is 3.00 bits per heavy atom. The van der Waals surface area contributed by atoms with Crippen LogP contribution in [0.2, 0.25) is 0 Å².